The lowest BCUT2D eigenvalue weighted by atomic mass is 10.2. The maximum Gasteiger partial charge on any atom is 0.161 e. The third-order valence-corrected chi connectivity index (χ3v) is 2.36. The van der Waals surface area contributed by atoms with Crippen LogP contribution in [0.3, 0.4) is 0 Å². The molecule has 0 atom stereocenters. The zero-order valence-corrected chi connectivity index (χ0v) is 9.73. The molecule has 0 heterocycles. The van der Waals surface area contributed by atoms with Crippen LogP contribution in [0.15, 0.2) is 12.1 Å². The number of benzene rings is 1. The SMILES string of the molecule is COCCCCNCc1cc(F)c(F)cc1F. The normalized spacial score (nSPS) is 10.8. The first-order valence-corrected chi connectivity index (χ1v) is 5.48. The molecule has 2 nitrogen and oxygen atoms in total. The predicted octanol–water partition coefficient (Wildman–Crippen LogP) is 2.62. The molecule has 1 rings (SSSR count). The summed E-state index contributed by atoms with van der Waals surface area (Å²) in [7, 11) is 1.63. The lowest BCUT2D eigenvalue weighted by Gasteiger charge is -2.06. The minimum Gasteiger partial charge on any atom is -0.385 e. The summed E-state index contributed by atoms with van der Waals surface area (Å²) >= 11 is 0. The topological polar surface area (TPSA) is 21.3 Å². The maximum atomic E-state index is 13.2. The molecule has 5 heteroatoms. The Hall–Kier alpha value is -1.07. The molecule has 0 aliphatic carbocycles. The van der Waals surface area contributed by atoms with Crippen molar-refractivity contribution in [3.8, 4) is 0 Å². The molecule has 0 aliphatic heterocycles. The van der Waals surface area contributed by atoms with Gasteiger partial charge in [-0.15, -0.1) is 0 Å². The van der Waals surface area contributed by atoms with Crippen LogP contribution in [0.2, 0.25) is 0 Å². The second-order valence-corrected chi connectivity index (χ2v) is 3.73. The van der Waals surface area contributed by atoms with E-state index in [0.717, 1.165) is 18.9 Å². The summed E-state index contributed by atoms with van der Waals surface area (Å²) in [6.45, 7) is 1.55. The minimum absolute atomic E-state index is 0.135. The van der Waals surface area contributed by atoms with Crippen molar-refractivity contribution in [2.75, 3.05) is 20.3 Å². The molecule has 0 aliphatic rings. The average Bonchev–Trinajstić information content (AvgIpc) is 2.30. The molecular formula is C12H16F3NO. The van der Waals surface area contributed by atoms with E-state index < -0.39 is 17.5 Å². The fourth-order valence-corrected chi connectivity index (χ4v) is 1.42. The van der Waals surface area contributed by atoms with Gasteiger partial charge in [-0.25, -0.2) is 13.2 Å². The molecule has 0 saturated carbocycles. The van der Waals surface area contributed by atoms with Crippen LogP contribution >= 0.6 is 0 Å². The van der Waals surface area contributed by atoms with Crippen LogP contribution in [-0.2, 0) is 11.3 Å². The van der Waals surface area contributed by atoms with Gasteiger partial charge in [-0.3, -0.25) is 0 Å². The van der Waals surface area contributed by atoms with E-state index >= 15 is 0 Å². The standard InChI is InChI=1S/C12H16F3NO/c1-17-5-3-2-4-16-8-9-6-11(14)12(15)7-10(9)13/h6-7,16H,2-5,8H2,1H3. The fraction of sp³-hybridized carbons (Fsp3) is 0.500. The molecule has 17 heavy (non-hydrogen) atoms. The van der Waals surface area contributed by atoms with Gasteiger partial charge in [0.15, 0.2) is 11.6 Å². The van der Waals surface area contributed by atoms with Crippen molar-refractivity contribution in [2.45, 2.75) is 19.4 Å². The molecule has 0 radical (unpaired) electrons. The van der Waals surface area contributed by atoms with Gasteiger partial charge in [0.25, 0.3) is 0 Å². The quantitative estimate of drug-likeness (QED) is 0.590. The van der Waals surface area contributed by atoms with E-state index in [4.69, 9.17) is 4.74 Å². The van der Waals surface area contributed by atoms with Gasteiger partial charge in [0.2, 0.25) is 0 Å². The molecule has 0 fully saturated rings. The Morgan fingerprint density at radius 2 is 1.76 bits per heavy atom. The second-order valence-electron chi connectivity index (χ2n) is 3.73. The molecule has 1 aromatic carbocycles. The molecule has 0 bridgehead atoms. The van der Waals surface area contributed by atoms with Gasteiger partial charge in [-0.2, -0.15) is 0 Å². The molecule has 0 spiro atoms. The van der Waals surface area contributed by atoms with Gasteiger partial charge in [-0.05, 0) is 25.5 Å². The van der Waals surface area contributed by atoms with Crippen LogP contribution < -0.4 is 5.32 Å². The van der Waals surface area contributed by atoms with Gasteiger partial charge in [0.1, 0.15) is 5.82 Å². The Labute approximate surface area is 98.8 Å². The van der Waals surface area contributed by atoms with Crippen LogP contribution in [-0.4, -0.2) is 20.3 Å². The van der Waals surface area contributed by atoms with Crippen molar-refractivity contribution in [1.82, 2.24) is 5.32 Å². The Kier molecular flexibility index (Phi) is 6.00. The van der Waals surface area contributed by atoms with Crippen molar-refractivity contribution in [3.63, 3.8) is 0 Å². The lowest BCUT2D eigenvalue weighted by Crippen LogP contribution is -2.16. The summed E-state index contributed by atoms with van der Waals surface area (Å²) in [5.74, 6) is -2.91. The number of methoxy groups -OCH3 is 1. The van der Waals surface area contributed by atoms with Gasteiger partial charge in [-0.1, -0.05) is 0 Å². The number of unbranched alkanes of at least 4 members (excludes halogenated alkanes) is 1. The van der Waals surface area contributed by atoms with Crippen LogP contribution in [0.1, 0.15) is 18.4 Å². The summed E-state index contributed by atoms with van der Waals surface area (Å²) < 4.78 is 43.6. The van der Waals surface area contributed by atoms with E-state index in [2.05, 4.69) is 5.32 Å². The molecule has 1 N–H and O–H groups in total. The molecule has 0 amide bonds. The highest BCUT2D eigenvalue weighted by Crippen LogP contribution is 2.13. The van der Waals surface area contributed by atoms with Gasteiger partial charge >= 0.3 is 0 Å². The molecule has 1 aromatic rings. The summed E-state index contributed by atoms with van der Waals surface area (Å²) in [5.41, 5.74) is 0.135. The van der Waals surface area contributed by atoms with Crippen LogP contribution in [0.5, 0.6) is 0 Å². The number of halogens is 3. The van der Waals surface area contributed by atoms with E-state index in [1.165, 1.54) is 0 Å². The van der Waals surface area contributed by atoms with E-state index in [9.17, 15) is 13.2 Å². The number of rotatable bonds is 7. The van der Waals surface area contributed by atoms with Gasteiger partial charge in [0.05, 0.1) is 0 Å². The zero-order valence-electron chi connectivity index (χ0n) is 9.73. The Bertz CT molecular complexity index is 358. The van der Waals surface area contributed by atoms with E-state index in [0.29, 0.717) is 19.2 Å². The number of ether oxygens (including phenoxy) is 1. The summed E-state index contributed by atoms with van der Waals surface area (Å²) in [4.78, 5) is 0. The maximum absolute atomic E-state index is 13.2. The van der Waals surface area contributed by atoms with E-state index in [-0.39, 0.29) is 12.1 Å². The monoisotopic (exact) mass is 247 g/mol. The van der Waals surface area contributed by atoms with E-state index in [1.807, 2.05) is 0 Å². The van der Waals surface area contributed by atoms with Crippen molar-refractivity contribution >= 4 is 0 Å². The van der Waals surface area contributed by atoms with Crippen molar-refractivity contribution in [3.05, 3.63) is 35.1 Å². The smallest absolute Gasteiger partial charge is 0.161 e. The van der Waals surface area contributed by atoms with Crippen LogP contribution in [0.4, 0.5) is 13.2 Å². The number of nitrogens with one attached hydrogen (secondary N) is 1. The second kappa shape index (κ2) is 7.29. The first kappa shape index (κ1) is 14.0. The molecule has 0 aromatic heterocycles. The summed E-state index contributed by atoms with van der Waals surface area (Å²) in [5, 5.41) is 2.96. The fourth-order valence-electron chi connectivity index (χ4n) is 1.42. The summed E-state index contributed by atoms with van der Waals surface area (Å²) in [6.07, 6.45) is 1.79. The molecule has 0 saturated heterocycles. The third-order valence-electron chi connectivity index (χ3n) is 2.36. The van der Waals surface area contributed by atoms with Crippen molar-refractivity contribution in [1.29, 1.82) is 0 Å². The van der Waals surface area contributed by atoms with E-state index in [1.54, 1.807) is 7.11 Å². The number of hydrogen-bond donors (Lipinski definition) is 1. The highest BCUT2D eigenvalue weighted by Gasteiger charge is 2.08. The van der Waals surface area contributed by atoms with Crippen molar-refractivity contribution in [2.24, 2.45) is 0 Å². The van der Waals surface area contributed by atoms with Crippen LogP contribution in [0, 0.1) is 17.5 Å². The average molecular weight is 247 g/mol. The predicted molar refractivity (Wildman–Crippen MR) is 59.1 cm³/mol. The van der Waals surface area contributed by atoms with Gasteiger partial charge < -0.3 is 10.1 Å². The Morgan fingerprint density at radius 1 is 1.06 bits per heavy atom. The highest BCUT2D eigenvalue weighted by atomic mass is 19.2. The van der Waals surface area contributed by atoms with Crippen molar-refractivity contribution < 1.29 is 17.9 Å². The lowest BCUT2D eigenvalue weighted by molar-refractivity contribution is 0.192. The Balaban J connectivity index is 2.34. The van der Waals surface area contributed by atoms with Crippen LogP contribution in [0.25, 0.3) is 0 Å². The highest BCUT2D eigenvalue weighted by molar-refractivity contribution is 5.19. The third kappa shape index (κ3) is 4.75. The van der Waals surface area contributed by atoms with Gasteiger partial charge in [0, 0.05) is 31.9 Å². The molecule has 0 unspecified atom stereocenters. The first-order valence-electron chi connectivity index (χ1n) is 5.48. The first-order chi connectivity index (χ1) is 8.15. The minimum atomic E-state index is -1.16. The molecule has 96 valence electrons. The molecular weight excluding hydrogens is 231 g/mol. The summed E-state index contributed by atoms with van der Waals surface area (Å²) in [6, 6.07) is 1.45. The Morgan fingerprint density at radius 3 is 2.47 bits per heavy atom. The zero-order chi connectivity index (χ0) is 12.7. The number of hydrogen-bond acceptors (Lipinski definition) is 2. The largest absolute Gasteiger partial charge is 0.385 e.